The van der Waals surface area contributed by atoms with Crippen LogP contribution in [0.3, 0.4) is 0 Å². The zero-order valence-corrected chi connectivity index (χ0v) is 8.52. The smallest absolute Gasteiger partial charge is 0.224 e. The number of amides is 1. The van der Waals surface area contributed by atoms with Crippen molar-refractivity contribution in [2.45, 2.75) is 6.17 Å². The molecule has 0 saturated carbocycles. The first-order chi connectivity index (χ1) is 6.50. The molecule has 5 heteroatoms. The summed E-state index contributed by atoms with van der Waals surface area (Å²) in [6.07, 6.45) is -0.855. The molecule has 1 amide bonds. The molecule has 2 N–H and O–H groups in total. The quantitative estimate of drug-likeness (QED) is 0.859. The Bertz CT molecular complexity index is 357. The maximum absolute atomic E-state index is 13.3. The van der Waals surface area contributed by atoms with Crippen LogP contribution < -0.4 is 5.73 Å². The zero-order chi connectivity index (χ0) is 10.7. The van der Waals surface area contributed by atoms with E-state index in [0.717, 1.165) is 6.42 Å². The molecule has 1 aromatic carbocycles. The van der Waals surface area contributed by atoms with Crippen LogP contribution in [-0.4, -0.2) is 5.91 Å². The maximum Gasteiger partial charge on any atom is 0.224 e. The van der Waals surface area contributed by atoms with Crippen LogP contribution in [-0.2, 0) is 4.79 Å². The third-order valence-corrected chi connectivity index (χ3v) is 2.13. The number of rotatable bonds is 3. The van der Waals surface area contributed by atoms with E-state index < -0.39 is 12.1 Å². The van der Waals surface area contributed by atoms with Crippen molar-refractivity contribution in [1.82, 2.24) is 0 Å². The molecule has 1 unspecified atom stereocenters. The molecule has 1 atom stereocenters. The van der Waals surface area contributed by atoms with Crippen LogP contribution in [0.2, 0.25) is 10.0 Å². The average Bonchev–Trinajstić information content (AvgIpc) is 2.01. The lowest BCUT2D eigenvalue weighted by Crippen LogP contribution is -2.14. The number of benzene rings is 1. The highest BCUT2D eigenvalue weighted by Crippen LogP contribution is 2.29. The lowest BCUT2D eigenvalue weighted by Gasteiger charge is -2.07. The van der Waals surface area contributed by atoms with Crippen molar-refractivity contribution >= 4 is 29.1 Å². The second-order valence-electron chi connectivity index (χ2n) is 2.64. The summed E-state index contributed by atoms with van der Waals surface area (Å²) in [6.45, 7) is 0. The van der Waals surface area contributed by atoms with E-state index in [4.69, 9.17) is 28.9 Å². The average molecular weight is 235 g/mol. The first-order valence-corrected chi connectivity index (χ1v) is 4.49. The Labute approximate surface area is 90.8 Å². The highest BCUT2D eigenvalue weighted by molar-refractivity contribution is 6.35. The van der Waals surface area contributed by atoms with E-state index in [1.54, 1.807) is 0 Å². The fourth-order valence-corrected chi connectivity index (χ4v) is 1.47. The van der Waals surface area contributed by atoms with E-state index in [1.807, 2.05) is 0 Å². The number of halogens is 3. The monoisotopic (exact) mass is 234 g/mol. The first-order valence-electron chi connectivity index (χ1n) is 3.74. The predicted octanol–water partition coefficient (Wildman–Crippen LogP) is 2.69. The van der Waals surface area contributed by atoms with Crippen molar-refractivity contribution < 1.29 is 9.18 Å². The van der Waals surface area contributed by atoms with Crippen LogP contribution in [0.1, 0.15) is 11.7 Å². The van der Waals surface area contributed by atoms with Gasteiger partial charge in [0.05, 0.1) is 6.42 Å². The predicted molar refractivity (Wildman–Crippen MR) is 53.8 cm³/mol. The number of primary amides is 1. The van der Waals surface area contributed by atoms with Crippen molar-refractivity contribution in [3.63, 3.8) is 0 Å². The number of alkyl halides is 1. The van der Waals surface area contributed by atoms with E-state index in [0.29, 0.717) is 5.02 Å². The molecule has 0 saturated heterocycles. The Balaban J connectivity index is 2.90. The summed E-state index contributed by atoms with van der Waals surface area (Å²) >= 11 is 11.3. The molecular formula is C9H7Cl2FNO. The summed E-state index contributed by atoms with van der Waals surface area (Å²) in [4.78, 5) is 10.4. The lowest BCUT2D eigenvalue weighted by molar-refractivity contribution is -0.115. The van der Waals surface area contributed by atoms with Gasteiger partial charge in [0, 0.05) is 15.6 Å². The largest absolute Gasteiger partial charge is 0.369 e. The minimum Gasteiger partial charge on any atom is -0.369 e. The summed E-state index contributed by atoms with van der Waals surface area (Å²) in [6, 6.07) is 4.30. The summed E-state index contributed by atoms with van der Waals surface area (Å²) in [5, 5.41) is 0.576. The third kappa shape index (κ3) is 2.86. The molecule has 0 aromatic heterocycles. The number of carbonyl (C=O) groups excluding carboxylic acids is 1. The highest BCUT2D eigenvalue weighted by Gasteiger charge is 2.16. The van der Waals surface area contributed by atoms with Gasteiger partial charge in [0.15, 0.2) is 0 Å². The SMILES string of the molecule is NC(=O)[CH]C(F)c1ccc(Cl)cc1Cl. The van der Waals surface area contributed by atoms with Crippen LogP contribution in [0.5, 0.6) is 0 Å². The van der Waals surface area contributed by atoms with Crippen LogP contribution in [0.25, 0.3) is 0 Å². The molecule has 1 radical (unpaired) electrons. The number of nitrogens with two attached hydrogens (primary N) is 1. The van der Waals surface area contributed by atoms with Gasteiger partial charge in [-0.3, -0.25) is 4.79 Å². The molecule has 0 fully saturated rings. The van der Waals surface area contributed by atoms with Crippen molar-refractivity contribution in [2.75, 3.05) is 0 Å². The van der Waals surface area contributed by atoms with Gasteiger partial charge in [0.2, 0.25) is 5.91 Å². The van der Waals surface area contributed by atoms with Gasteiger partial charge in [-0.2, -0.15) is 0 Å². The highest BCUT2D eigenvalue weighted by atomic mass is 35.5. The van der Waals surface area contributed by atoms with Gasteiger partial charge in [0.1, 0.15) is 6.17 Å². The molecule has 0 aliphatic heterocycles. The molecule has 0 bridgehead atoms. The number of hydrogen-bond donors (Lipinski definition) is 1. The second-order valence-corrected chi connectivity index (χ2v) is 3.48. The fraction of sp³-hybridized carbons (Fsp3) is 0.111. The first kappa shape index (κ1) is 11.3. The Morgan fingerprint density at radius 1 is 1.50 bits per heavy atom. The normalized spacial score (nSPS) is 12.5. The van der Waals surface area contributed by atoms with Gasteiger partial charge in [-0.05, 0) is 12.1 Å². The number of carbonyl (C=O) groups is 1. The molecule has 0 aliphatic rings. The molecular weight excluding hydrogens is 228 g/mol. The van der Waals surface area contributed by atoms with Crippen molar-refractivity contribution in [3.8, 4) is 0 Å². The van der Waals surface area contributed by atoms with E-state index in [9.17, 15) is 9.18 Å². The standard InChI is InChI=1S/C9H7Cl2FNO/c10-5-1-2-6(7(11)3-5)8(12)4-9(13)14/h1-4,8H,(H2,13,14). The van der Waals surface area contributed by atoms with Crippen molar-refractivity contribution in [3.05, 3.63) is 40.2 Å². The number of hydrogen-bond acceptors (Lipinski definition) is 1. The van der Waals surface area contributed by atoms with E-state index >= 15 is 0 Å². The summed E-state index contributed by atoms with van der Waals surface area (Å²) < 4.78 is 13.3. The molecule has 0 aliphatic carbocycles. The van der Waals surface area contributed by atoms with Gasteiger partial charge in [-0.25, -0.2) is 4.39 Å². The third-order valence-electron chi connectivity index (χ3n) is 1.57. The van der Waals surface area contributed by atoms with Crippen LogP contribution in [0.4, 0.5) is 4.39 Å². The molecule has 1 aromatic rings. The van der Waals surface area contributed by atoms with Gasteiger partial charge in [0.25, 0.3) is 0 Å². The lowest BCUT2D eigenvalue weighted by atomic mass is 10.1. The topological polar surface area (TPSA) is 43.1 Å². The Morgan fingerprint density at radius 2 is 2.14 bits per heavy atom. The minimum atomic E-state index is -1.60. The van der Waals surface area contributed by atoms with Gasteiger partial charge >= 0.3 is 0 Å². The maximum atomic E-state index is 13.3. The van der Waals surface area contributed by atoms with Gasteiger partial charge in [-0.1, -0.05) is 29.3 Å². The van der Waals surface area contributed by atoms with E-state index in [-0.39, 0.29) is 10.6 Å². The molecule has 1 rings (SSSR count). The summed E-state index contributed by atoms with van der Waals surface area (Å²) in [5.41, 5.74) is 4.98. The molecule has 75 valence electrons. The van der Waals surface area contributed by atoms with Gasteiger partial charge < -0.3 is 5.73 Å². The van der Waals surface area contributed by atoms with Crippen molar-refractivity contribution in [2.24, 2.45) is 5.73 Å². The Kier molecular flexibility index (Phi) is 3.72. The second kappa shape index (κ2) is 4.62. The summed E-state index contributed by atoms with van der Waals surface area (Å²) in [5.74, 6) is -0.830. The minimum absolute atomic E-state index is 0.169. The van der Waals surface area contributed by atoms with Crippen molar-refractivity contribution in [1.29, 1.82) is 0 Å². The van der Waals surface area contributed by atoms with Gasteiger partial charge in [-0.15, -0.1) is 0 Å². The fourth-order valence-electron chi connectivity index (χ4n) is 0.959. The van der Waals surface area contributed by atoms with E-state index in [1.165, 1.54) is 18.2 Å². The molecule has 0 heterocycles. The zero-order valence-electron chi connectivity index (χ0n) is 7.01. The molecule has 14 heavy (non-hydrogen) atoms. The van der Waals surface area contributed by atoms with Crippen LogP contribution >= 0.6 is 23.2 Å². The van der Waals surface area contributed by atoms with E-state index in [2.05, 4.69) is 0 Å². The molecule has 0 spiro atoms. The summed E-state index contributed by atoms with van der Waals surface area (Å²) in [7, 11) is 0. The Morgan fingerprint density at radius 3 is 2.64 bits per heavy atom. The van der Waals surface area contributed by atoms with Crippen LogP contribution in [0.15, 0.2) is 18.2 Å². The van der Waals surface area contributed by atoms with Crippen LogP contribution in [0, 0.1) is 6.42 Å². The Hall–Kier alpha value is -0.800. The molecule has 2 nitrogen and oxygen atoms in total.